The molecule has 1 aromatic heterocycles. The Labute approximate surface area is 118 Å². The number of carbonyl (C=O) groups is 1. The quantitative estimate of drug-likeness (QED) is 0.939. The van der Waals surface area contributed by atoms with Gasteiger partial charge in [0.25, 0.3) is 5.56 Å². The molecule has 0 aliphatic carbocycles. The van der Waals surface area contributed by atoms with E-state index in [0.717, 1.165) is 15.6 Å². The van der Waals surface area contributed by atoms with Crippen LogP contribution in [0.4, 0.5) is 0 Å². The number of hydrogen-bond acceptors (Lipinski definition) is 2. The molecule has 4 nitrogen and oxygen atoms in total. The van der Waals surface area contributed by atoms with Gasteiger partial charge in [-0.05, 0) is 33.1 Å². The molecule has 1 aromatic carbocycles. The van der Waals surface area contributed by atoms with Crippen LogP contribution < -0.4 is 5.56 Å². The van der Waals surface area contributed by atoms with Crippen molar-refractivity contribution in [2.75, 3.05) is 0 Å². The van der Waals surface area contributed by atoms with Crippen LogP contribution in [-0.4, -0.2) is 15.6 Å². The van der Waals surface area contributed by atoms with Crippen molar-refractivity contribution in [1.29, 1.82) is 0 Å². The zero-order valence-corrected chi connectivity index (χ0v) is 11.6. The largest absolute Gasteiger partial charge is 0.481 e. The molecule has 0 aliphatic heterocycles. The Bertz CT molecular complexity index is 664. The fourth-order valence-electron chi connectivity index (χ4n) is 1.86. The molecule has 5 heteroatoms. The number of carboxylic acid groups (broad SMARTS) is 1. The van der Waals surface area contributed by atoms with Gasteiger partial charge in [0, 0.05) is 16.7 Å². The summed E-state index contributed by atoms with van der Waals surface area (Å²) in [5.41, 5.74) is 1.44. The van der Waals surface area contributed by atoms with Crippen molar-refractivity contribution in [1.82, 2.24) is 4.57 Å². The zero-order valence-electron chi connectivity index (χ0n) is 10.0. The fraction of sp³-hybridized carbons (Fsp3) is 0.143. The molecule has 0 fully saturated rings. The second-order valence-electron chi connectivity index (χ2n) is 4.15. The first-order chi connectivity index (χ1) is 9.06. The SMILES string of the molecule is O=C(O)Cc1ccccc1Cn1cc(Br)ccc1=O. The fourth-order valence-corrected chi connectivity index (χ4v) is 2.24. The van der Waals surface area contributed by atoms with Gasteiger partial charge in [-0.1, -0.05) is 24.3 Å². The van der Waals surface area contributed by atoms with Crippen molar-refractivity contribution in [3.05, 3.63) is 68.5 Å². The molecule has 2 rings (SSSR count). The molecule has 19 heavy (non-hydrogen) atoms. The first kappa shape index (κ1) is 13.5. The number of aromatic nitrogens is 1. The van der Waals surface area contributed by atoms with Gasteiger partial charge in [0.1, 0.15) is 0 Å². The van der Waals surface area contributed by atoms with Crippen LogP contribution in [0.3, 0.4) is 0 Å². The molecule has 0 bridgehead atoms. The summed E-state index contributed by atoms with van der Waals surface area (Å²) in [6, 6.07) is 10.4. The number of benzene rings is 1. The summed E-state index contributed by atoms with van der Waals surface area (Å²) in [5, 5.41) is 8.88. The maximum atomic E-state index is 11.7. The summed E-state index contributed by atoms with van der Waals surface area (Å²) in [5.74, 6) is -0.881. The standard InChI is InChI=1S/C14H12BrNO3/c15-12-5-6-13(17)16(9-12)8-11-4-2-1-3-10(11)7-14(18)19/h1-6,9H,7-8H2,(H,18,19). The minimum absolute atomic E-state index is 0.0427. The molecular weight excluding hydrogens is 310 g/mol. The van der Waals surface area contributed by atoms with Crippen molar-refractivity contribution in [2.45, 2.75) is 13.0 Å². The topological polar surface area (TPSA) is 59.3 Å². The molecule has 0 atom stereocenters. The van der Waals surface area contributed by atoms with Crippen molar-refractivity contribution in [3.8, 4) is 0 Å². The molecule has 1 heterocycles. The van der Waals surface area contributed by atoms with E-state index in [1.165, 1.54) is 6.07 Å². The maximum Gasteiger partial charge on any atom is 0.307 e. The van der Waals surface area contributed by atoms with Crippen LogP contribution in [-0.2, 0) is 17.8 Å². The Hall–Kier alpha value is -1.88. The van der Waals surface area contributed by atoms with Gasteiger partial charge in [0.05, 0.1) is 13.0 Å². The third-order valence-electron chi connectivity index (χ3n) is 2.75. The first-order valence-electron chi connectivity index (χ1n) is 5.71. The van der Waals surface area contributed by atoms with Gasteiger partial charge in [-0.2, -0.15) is 0 Å². The van der Waals surface area contributed by atoms with Crippen LogP contribution >= 0.6 is 15.9 Å². The highest BCUT2D eigenvalue weighted by atomic mass is 79.9. The van der Waals surface area contributed by atoms with E-state index in [0.29, 0.717) is 6.54 Å². The highest BCUT2D eigenvalue weighted by molar-refractivity contribution is 9.10. The van der Waals surface area contributed by atoms with Crippen molar-refractivity contribution in [2.24, 2.45) is 0 Å². The van der Waals surface area contributed by atoms with Gasteiger partial charge in [0.2, 0.25) is 0 Å². The van der Waals surface area contributed by atoms with Crippen LogP contribution in [0, 0.1) is 0 Å². The normalized spacial score (nSPS) is 10.4. The first-order valence-corrected chi connectivity index (χ1v) is 6.50. The minimum Gasteiger partial charge on any atom is -0.481 e. The highest BCUT2D eigenvalue weighted by Crippen LogP contribution is 2.12. The molecule has 0 aliphatic rings. The molecule has 98 valence electrons. The summed E-state index contributed by atoms with van der Waals surface area (Å²) in [7, 11) is 0. The van der Waals surface area contributed by atoms with Crippen LogP contribution in [0.2, 0.25) is 0 Å². The summed E-state index contributed by atoms with van der Waals surface area (Å²) in [4.78, 5) is 22.6. The summed E-state index contributed by atoms with van der Waals surface area (Å²) in [6.07, 6.45) is 1.65. The Morgan fingerprint density at radius 2 is 1.84 bits per heavy atom. The average Bonchev–Trinajstić information content (AvgIpc) is 2.35. The lowest BCUT2D eigenvalue weighted by atomic mass is 10.0. The summed E-state index contributed by atoms with van der Waals surface area (Å²) in [6.45, 7) is 0.363. The number of nitrogens with zero attached hydrogens (tertiary/aromatic N) is 1. The molecule has 0 unspecified atom stereocenters. The zero-order chi connectivity index (χ0) is 13.8. The van der Waals surface area contributed by atoms with E-state index < -0.39 is 5.97 Å². The van der Waals surface area contributed by atoms with Gasteiger partial charge in [-0.3, -0.25) is 9.59 Å². The minimum atomic E-state index is -0.881. The maximum absolute atomic E-state index is 11.7. The summed E-state index contributed by atoms with van der Waals surface area (Å²) < 4.78 is 2.35. The number of hydrogen-bond donors (Lipinski definition) is 1. The lowest BCUT2D eigenvalue weighted by molar-refractivity contribution is -0.136. The molecule has 0 spiro atoms. The number of halogens is 1. The highest BCUT2D eigenvalue weighted by Gasteiger charge is 2.07. The van der Waals surface area contributed by atoms with Gasteiger partial charge in [0.15, 0.2) is 0 Å². The monoisotopic (exact) mass is 321 g/mol. The van der Waals surface area contributed by atoms with Crippen molar-refractivity contribution in [3.63, 3.8) is 0 Å². The molecular formula is C14H12BrNO3. The lowest BCUT2D eigenvalue weighted by Crippen LogP contribution is -2.19. The number of rotatable bonds is 4. The molecule has 0 saturated carbocycles. The van der Waals surface area contributed by atoms with Crippen LogP contribution in [0.5, 0.6) is 0 Å². The Kier molecular flexibility index (Phi) is 4.16. The molecule has 0 amide bonds. The van der Waals surface area contributed by atoms with Crippen LogP contribution in [0.1, 0.15) is 11.1 Å². The van der Waals surface area contributed by atoms with Gasteiger partial charge >= 0.3 is 5.97 Å². The van der Waals surface area contributed by atoms with E-state index in [1.54, 1.807) is 29.0 Å². The van der Waals surface area contributed by atoms with E-state index in [2.05, 4.69) is 15.9 Å². The predicted octanol–water partition coefficient (Wildman–Crippen LogP) is 2.29. The van der Waals surface area contributed by atoms with Gasteiger partial charge < -0.3 is 9.67 Å². The van der Waals surface area contributed by atoms with Crippen molar-refractivity contribution < 1.29 is 9.90 Å². The van der Waals surface area contributed by atoms with E-state index in [1.807, 2.05) is 12.1 Å². The predicted molar refractivity (Wildman–Crippen MR) is 75.3 cm³/mol. The average molecular weight is 322 g/mol. The Morgan fingerprint density at radius 1 is 1.16 bits per heavy atom. The number of aliphatic carboxylic acids is 1. The van der Waals surface area contributed by atoms with Gasteiger partial charge in [-0.15, -0.1) is 0 Å². The van der Waals surface area contributed by atoms with E-state index >= 15 is 0 Å². The van der Waals surface area contributed by atoms with Crippen LogP contribution in [0.15, 0.2) is 51.9 Å². The second-order valence-corrected chi connectivity index (χ2v) is 5.07. The van der Waals surface area contributed by atoms with Crippen LogP contribution in [0.25, 0.3) is 0 Å². The smallest absolute Gasteiger partial charge is 0.307 e. The van der Waals surface area contributed by atoms with E-state index in [4.69, 9.17) is 5.11 Å². The number of pyridine rings is 1. The van der Waals surface area contributed by atoms with E-state index in [-0.39, 0.29) is 12.0 Å². The third kappa shape index (κ3) is 3.54. The molecule has 2 aromatic rings. The molecule has 0 radical (unpaired) electrons. The number of carboxylic acids is 1. The van der Waals surface area contributed by atoms with Crippen molar-refractivity contribution >= 4 is 21.9 Å². The van der Waals surface area contributed by atoms with Gasteiger partial charge in [-0.25, -0.2) is 0 Å². The third-order valence-corrected chi connectivity index (χ3v) is 3.22. The second kappa shape index (κ2) is 5.84. The lowest BCUT2D eigenvalue weighted by Gasteiger charge is -2.10. The van der Waals surface area contributed by atoms with E-state index in [9.17, 15) is 9.59 Å². The molecule has 1 N–H and O–H groups in total. The molecule has 0 saturated heterocycles. The summed E-state index contributed by atoms with van der Waals surface area (Å²) >= 11 is 3.31. The Morgan fingerprint density at radius 3 is 2.53 bits per heavy atom. The Balaban J connectivity index is 2.35.